The zero-order valence-electron chi connectivity index (χ0n) is 17.1. The number of amides is 1. The Morgan fingerprint density at radius 2 is 1.72 bits per heavy atom. The summed E-state index contributed by atoms with van der Waals surface area (Å²) in [7, 11) is 1.65. The molecule has 0 aliphatic heterocycles. The van der Waals surface area contributed by atoms with Crippen LogP contribution in [0, 0.1) is 0 Å². The van der Waals surface area contributed by atoms with Gasteiger partial charge in [-0.15, -0.1) is 0 Å². The molecular weight excluding hydrogens is 368 g/mol. The quantitative estimate of drug-likeness (QED) is 0.307. The van der Waals surface area contributed by atoms with Crippen LogP contribution in [0.15, 0.2) is 53.5 Å². The fraction of sp³-hybridized carbons (Fsp3) is 0.364. The number of nitrogens with two attached hydrogens (primary N) is 1. The summed E-state index contributed by atoms with van der Waals surface area (Å²) in [4.78, 5) is 15.9. The molecule has 7 heteroatoms. The van der Waals surface area contributed by atoms with Gasteiger partial charge in [0.2, 0.25) is 5.91 Å². The molecule has 29 heavy (non-hydrogen) atoms. The van der Waals surface area contributed by atoms with Crippen LogP contribution in [0.3, 0.4) is 0 Å². The Kier molecular flexibility index (Phi) is 9.51. The average molecular weight is 399 g/mol. The second-order valence-corrected chi connectivity index (χ2v) is 6.40. The van der Waals surface area contributed by atoms with Crippen molar-refractivity contribution in [2.24, 2.45) is 10.7 Å². The van der Waals surface area contributed by atoms with Crippen LogP contribution in [0.25, 0.3) is 0 Å². The molecule has 0 radical (unpaired) electrons. The van der Waals surface area contributed by atoms with Crippen LogP contribution >= 0.6 is 0 Å². The normalized spacial score (nSPS) is 11.2. The molecule has 0 fully saturated rings. The highest BCUT2D eigenvalue weighted by molar-refractivity contribution is 5.92. The lowest BCUT2D eigenvalue weighted by Crippen LogP contribution is -2.37. The molecule has 0 aliphatic carbocycles. The van der Waals surface area contributed by atoms with Gasteiger partial charge >= 0.3 is 0 Å². The van der Waals surface area contributed by atoms with Crippen molar-refractivity contribution in [3.63, 3.8) is 0 Å². The van der Waals surface area contributed by atoms with Gasteiger partial charge in [-0.2, -0.15) is 0 Å². The van der Waals surface area contributed by atoms with E-state index < -0.39 is 5.91 Å². The second kappa shape index (κ2) is 12.4. The fourth-order valence-electron chi connectivity index (χ4n) is 2.57. The molecule has 156 valence electrons. The summed E-state index contributed by atoms with van der Waals surface area (Å²) in [5.41, 5.74) is 7.90. The number of carbonyl (C=O) groups is 1. The van der Waals surface area contributed by atoms with E-state index in [-0.39, 0.29) is 0 Å². The molecule has 1 amide bonds. The molecule has 0 saturated carbocycles. The molecule has 2 rings (SSSR count). The summed E-state index contributed by atoms with van der Waals surface area (Å²) in [6.45, 7) is 5.31. The van der Waals surface area contributed by atoms with Gasteiger partial charge < -0.3 is 25.8 Å². The molecule has 0 heterocycles. The van der Waals surface area contributed by atoms with Gasteiger partial charge in [0, 0.05) is 31.9 Å². The topological polar surface area (TPSA) is 98.0 Å². The van der Waals surface area contributed by atoms with E-state index in [1.54, 1.807) is 19.2 Å². The maximum atomic E-state index is 11.2. The van der Waals surface area contributed by atoms with Crippen LogP contribution in [-0.2, 0) is 17.8 Å². The lowest BCUT2D eigenvalue weighted by atomic mass is 10.1. The molecule has 0 atom stereocenters. The first-order valence-electron chi connectivity index (χ1n) is 9.74. The van der Waals surface area contributed by atoms with Crippen LogP contribution in [0.4, 0.5) is 0 Å². The predicted octanol–water partition coefficient (Wildman–Crippen LogP) is 2.46. The molecule has 7 nitrogen and oxygen atoms in total. The minimum atomic E-state index is -0.429. The Hall–Kier alpha value is -3.06. The van der Waals surface area contributed by atoms with Gasteiger partial charge in [0.25, 0.3) is 0 Å². The zero-order valence-corrected chi connectivity index (χ0v) is 17.1. The minimum absolute atomic E-state index is 0.429. The van der Waals surface area contributed by atoms with E-state index in [4.69, 9.17) is 15.2 Å². The Bertz CT molecular complexity index is 774. The predicted molar refractivity (Wildman–Crippen MR) is 115 cm³/mol. The fourth-order valence-corrected chi connectivity index (χ4v) is 2.57. The number of primary amides is 1. The van der Waals surface area contributed by atoms with Crippen molar-refractivity contribution >= 4 is 11.9 Å². The SMILES string of the molecule is CCOCCCNC(=NCc1ccc(OC)cc1)NCc1ccc(C(N)=O)cc1. The number of hydrogen-bond acceptors (Lipinski definition) is 4. The summed E-state index contributed by atoms with van der Waals surface area (Å²) < 4.78 is 10.6. The van der Waals surface area contributed by atoms with Gasteiger partial charge in [-0.3, -0.25) is 4.79 Å². The Morgan fingerprint density at radius 1 is 1.03 bits per heavy atom. The van der Waals surface area contributed by atoms with E-state index in [1.807, 2.05) is 43.3 Å². The van der Waals surface area contributed by atoms with Crippen LogP contribution in [-0.4, -0.2) is 38.7 Å². The highest BCUT2D eigenvalue weighted by Crippen LogP contribution is 2.12. The number of aliphatic imine (C=N–C) groups is 1. The number of nitrogens with one attached hydrogen (secondary N) is 2. The van der Waals surface area contributed by atoms with E-state index in [1.165, 1.54) is 0 Å². The van der Waals surface area contributed by atoms with Crippen molar-refractivity contribution in [1.82, 2.24) is 10.6 Å². The van der Waals surface area contributed by atoms with E-state index in [0.717, 1.165) is 42.4 Å². The third-order valence-electron chi connectivity index (χ3n) is 4.24. The Morgan fingerprint density at radius 3 is 2.34 bits per heavy atom. The third kappa shape index (κ3) is 8.23. The first kappa shape index (κ1) is 22.2. The molecule has 0 unspecified atom stereocenters. The minimum Gasteiger partial charge on any atom is -0.497 e. The Balaban J connectivity index is 1.95. The first-order chi connectivity index (χ1) is 14.1. The average Bonchev–Trinajstić information content (AvgIpc) is 2.75. The number of guanidine groups is 1. The molecular formula is C22H30N4O3. The Labute approximate surface area is 172 Å². The number of hydrogen-bond donors (Lipinski definition) is 3. The molecule has 0 aromatic heterocycles. The van der Waals surface area contributed by atoms with Gasteiger partial charge in [-0.25, -0.2) is 4.99 Å². The van der Waals surface area contributed by atoms with Crippen LogP contribution in [0.1, 0.15) is 34.8 Å². The number of methoxy groups -OCH3 is 1. The molecule has 2 aromatic carbocycles. The molecule has 0 bridgehead atoms. The monoisotopic (exact) mass is 398 g/mol. The molecule has 0 saturated heterocycles. The third-order valence-corrected chi connectivity index (χ3v) is 4.24. The van der Waals surface area contributed by atoms with E-state index in [2.05, 4.69) is 15.6 Å². The molecule has 0 spiro atoms. The number of benzene rings is 2. The van der Waals surface area contributed by atoms with Crippen LogP contribution < -0.4 is 21.1 Å². The van der Waals surface area contributed by atoms with Crippen molar-refractivity contribution in [3.05, 3.63) is 65.2 Å². The van der Waals surface area contributed by atoms with E-state index in [9.17, 15) is 4.79 Å². The van der Waals surface area contributed by atoms with Crippen LogP contribution in [0.5, 0.6) is 5.75 Å². The molecule has 2 aromatic rings. The maximum absolute atomic E-state index is 11.2. The summed E-state index contributed by atoms with van der Waals surface area (Å²) >= 11 is 0. The highest BCUT2D eigenvalue weighted by atomic mass is 16.5. The highest BCUT2D eigenvalue weighted by Gasteiger charge is 2.03. The summed E-state index contributed by atoms with van der Waals surface area (Å²) in [6.07, 6.45) is 0.893. The van der Waals surface area contributed by atoms with Gasteiger partial charge in [0.1, 0.15) is 5.75 Å². The first-order valence-corrected chi connectivity index (χ1v) is 9.74. The second-order valence-electron chi connectivity index (χ2n) is 6.40. The maximum Gasteiger partial charge on any atom is 0.248 e. The number of carbonyl (C=O) groups excluding carboxylic acids is 1. The van der Waals surface area contributed by atoms with Crippen molar-refractivity contribution in [3.8, 4) is 5.75 Å². The van der Waals surface area contributed by atoms with E-state index >= 15 is 0 Å². The van der Waals surface area contributed by atoms with Crippen molar-refractivity contribution in [2.45, 2.75) is 26.4 Å². The summed E-state index contributed by atoms with van der Waals surface area (Å²) in [5, 5.41) is 6.66. The van der Waals surface area contributed by atoms with E-state index in [0.29, 0.717) is 25.3 Å². The lowest BCUT2D eigenvalue weighted by Gasteiger charge is -2.13. The van der Waals surface area contributed by atoms with Gasteiger partial charge in [0.05, 0.1) is 13.7 Å². The number of nitrogens with zero attached hydrogens (tertiary/aromatic N) is 1. The zero-order chi connectivity index (χ0) is 20.9. The van der Waals surface area contributed by atoms with Gasteiger partial charge in [-0.1, -0.05) is 24.3 Å². The number of ether oxygens (including phenoxy) is 2. The smallest absolute Gasteiger partial charge is 0.248 e. The van der Waals surface area contributed by atoms with Crippen molar-refractivity contribution < 1.29 is 14.3 Å². The van der Waals surface area contributed by atoms with Crippen molar-refractivity contribution in [1.29, 1.82) is 0 Å². The van der Waals surface area contributed by atoms with Gasteiger partial charge in [0.15, 0.2) is 5.96 Å². The largest absolute Gasteiger partial charge is 0.497 e. The van der Waals surface area contributed by atoms with Crippen molar-refractivity contribution in [2.75, 3.05) is 26.9 Å². The van der Waals surface area contributed by atoms with Gasteiger partial charge in [-0.05, 0) is 48.7 Å². The van der Waals surface area contributed by atoms with Crippen LogP contribution in [0.2, 0.25) is 0 Å². The standard InChI is InChI=1S/C22H30N4O3/c1-3-29-14-4-13-24-22(26-16-18-7-11-20(28-2)12-8-18)25-15-17-5-9-19(10-6-17)21(23)27/h5-12H,3-4,13-16H2,1-2H3,(H2,23,27)(H2,24,25,26). The lowest BCUT2D eigenvalue weighted by molar-refractivity contribution is 0.1000. The molecule has 4 N–H and O–H groups in total. The molecule has 0 aliphatic rings. The summed E-state index contributed by atoms with van der Waals surface area (Å²) in [6, 6.07) is 15.1. The summed E-state index contributed by atoms with van der Waals surface area (Å²) in [5.74, 6) is 1.11. The number of rotatable bonds is 11.